The Morgan fingerprint density at radius 1 is 1.38 bits per heavy atom. The highest BCUT2D eigenvalue weighted by molar-refractivity contribution is 7.18. The van der Waals surface area contributed by atoms with Crippen LogP contribution in [-0.4, -0.2) is 54.3 Å². The van der Waals surface area contributed by atoms with Crippen molar-refractivity contribution in [2.75, 3.05) is 50.1 Å². The lowest BCUT2D eigenvalue weighted by Crippen LogP contribution is -2.39. The van der Waals surface area contributed by atoms with Crippen LogP contribution in [0.25, 0.3) is 10.2 Å². The summed E-state index contributed by atoms with van der Waals surface area (Å²) < 4.78 is 5.35. The summed E-state index contributed by atoms with van der Waals surface area (Å²) >= 11 is 1.64. The van der Waals surface area contributed by atoms with Crippen molar-refractivity contribution in [3.8, 4) is 0 Å². The van der Waals surface area contributed by atoms with Crippen molar-refractivity contribution in [1.82, 2.24) is 14.9 Å². The first-order chi connectivity index (χ1) is 10.3. The number of nitrogens with zero attached hydrogens (tertiary/aromatic N) is 3. The minimum atomic E-state index is 0.443. The second-order valence-electron chi connectivity index (χ2n) is 5.00. The molecular weight excluding hydrogens is 288 g/mol. The van der Waals surface area contributed by atoms with E-state index in [2.05, 4.69) is 38.6 Å². The largest absolute Gasteiger partial charge is 0.379 e. The maximum absolute atomic E-state index is 5.44. The van der Waals surface area contributed by atoms with Crippen molar-refractivity contribution < 1.29 is 4.74 Å². The third-order valence-electron chi connectivity index (χ3n) is 3.47. The van der Waals surface area contributed by atoms with Gasteiger partial charge in [-0.1, -0.05) is 0 Å². The van der Waals surface area contributed by atoms with Crippen LogP contribution in [0, 0.1) is 6.92 Å². The van der Waals surface area contributed by atoms with Gasteiger partial charge in [-0.15, -0.1) is 11.3 Å². The SMILES string of the molecule is Cc1cc2c(NCCN3CCOCC3)nc(NN)nc2s1. The molecule has 1 aliphatic heterocycles. The number of hydrogen-bond donors (Lipinski definition) is 3. The van der Waals surface area contributed by atoms with E-state index in [1.54, 1.807) is 11.3 Å². The Bertz CT molecular complexity index is 610. The van der Waals surface area contributed by atoms with Gasteiger partial charge in [0.2, 0.25) is 5.95 Å². The minimum Gasteiger partial charge on any atom is -0.379 e. The molecule has 1 saturated heterocycles. The summed E-state index contributed by atoms with van der Waals surface area (Å²) in [6.45, 7) is 7.52. The first-order valence-corrected chi connectivity index (χ1v) is 7.86. The van der Waals surface area contributed by atoms with Crippen LogP contribution in [0.15, 0.2) is 6.07 Å². The number of nitrogens with two attached hydrogens (primary N) is 1. The van der Waals surface area contributed by atoms with Crippen molar-refractivity contribution in [1.29, 1.82) is 0 Å². The molecule has 7 nitrogen and oxygen atoms in total. The maximum atomic E-state index is 5.44. The van der Waals surface area contributed by atoms with E-state index in [0.717, 1.165) is 55.4 Å². The fourth-order valence-electron chi connectivity index (χ4n) is 2.40. The Morgan fingerprint density at radius 2 is 2.19 bits per heavy atom. The summed E-state index contributed by atoms with van der Waals surface area (Å²) in [6.07, 6.45) is 0. The van der Waals surface area contributed by atoms with Crippen molar-refractivity contribution in [2.24, 2.45) is 5.84 Å². The zero-order valence-electron chi connectivity index (χ0n) is 12.1. The van der Waals surface area contributed by atoms with E-state index in [1.807, 2.05) is 0 Å². The quantitative estimate of drug-likeness (QED) is 0.561. The number of anilines is 2. The number of thiophene rings is 1. The van der Waals surface area contributed by atoms with E-state index in [4.69, 9.17) is 10.6 Å². The Balaban J connectivity index is 1.70. The van der Waals surface area contributed by atoms with Gasteiger partial charge in [-0.25, -0.2) is 10.8 Å². The summed E-state index contributed by atoms with van der Waals surface area (Å²) in [7, 11) is 0. The number of fused-ring (bicyclic) bond motifs is 1. The third kappa shape index (κ3) is 3.41. The fraction of sp³-hybridized carbons (Fsp3) is 0.538. The first kappa shape index (κ1) is 14.5. The lowest BCUT2D eigenvalue weighted by atomic mass is 10.3. The van der Waals surface area contributed by atoms with Crippen molar-refractivity contribution in [3.05, 3.63) is 10.9 Å². The Kier molecular flexibility index (Phi) is 4.49. The summed E-state index contributed by atoms with van der Waals surface area (Å²) in [5, 5.41) is 4.45. The second-order valence-corrected chi connectivity index (χ2v) is 6.23. The average molecular weight is 308 g/mol. The predicted octanol–water partition coefficient (Wildman–Crippen LogP) is 1.03. The highest BCUT2D eigenvalue weighted by Gasteiger charge is 2.12. The summed E-state index contributed by atoms with van der Waals surface area (Å²) in [5.41, 5.74) is 2.53. The zero-order chi connectivity index (χ0) is 14.7. The molecule has 0 aliphatic carbocycles. The van der Waals surface area contributed by atoms with Gasteiger partial charge in [0.15, 0.2) is 0 Å². The smallest absolute Gasteiger partial charge is 0.240 e. The fourth-order valence-corrected chi connectivity index (χ4v) is 3.28. The third-order valence-corrected chi connectivity index (χ3v) is 4.41. The van der Waals surface area contributed by atoms with Gasteiger partial charge >= 0.3 is 0 Å². The molecule has 0 atom stereocenters. The zero-order valence-corrected chi connectivity index (χ0v) is 12.9. The van der Waals surface area contributed by atoms with E-state index in [0.29, 0.717) is 5.95 Å². The number of ether oxygens (including phenoxy) is 1. The Morgan fingerprint density at radius 3 is 2.95 bits per heavy atom. The van der Waals surface area contributed by atoms with E-state index in [1.165, 1.54) is 4.88 Å². The van der Waals surface area contributed by atoms with E-state index in [9.17, 15) is 0 Å². The number of morpholine rings is 1. The van der Waals surface area contributed by atoms with Crippen LogP contribution in [0.2, 0.25) is 0 Å². The van der Waals surface area contributed by atoms with Crippen LogP contribution < -0.4 is 16.6 Å². The van der Waals surface area contributed by atoms with E-state index in [-0.39, 0.29) is 0 Å². The van der Waals surface area contributed by atoms with Gasteiger partial charge in [0.1, 0.15) is 10.6 Å². The lowest BCUT2D eigenvalue weighted by Gasteiger charge is -2.26. The number of nitrogen functional groups attached to an aromatic ring is 1. The molecule has 2 aromatic rings. The number of nitrogens with one attached hydrogen (secondary N) is 2. The highest BCUT2D eigenvalue weighted by Crippen LogP contribution is 2.29. The Hall–Kier alpha value is -1.48. The number of aromatic nitrogens is 2. The molecule has 3 rings (SSSR count). The monoisotopic (exact) mass is 308 g/mol. The minimum absolute atomic E-state index is 0.443. The van der Waals surface area contributed by atoms with Gasteiger partial charge in [0.05, 0.1) is 18.6 Å². The molecule has 0 amide bonds. The van der Waals surface area contributed by atoms with Gasteiger partial charge in [-0.3, -0.25) is 10.3 Å². The number of hydrazine groups is 1. The van der Waals surface area contributed by atoms with Gasteiger partial charge in [0, 0.05) is 31.1 Å². The molecule has 0 spiro atoms. The molecule has 0 aromatic carbocycles. The summed E-state index contributed by atoms with van der Waals surface area (Å²) in [4.78, 5) is 13.3. The number of hydrogen-bond acceptors (Lipinski definition) is 8. The van der Waals surface area contributed by atoms with Crippen LogP contribution in [0.3, 0.4) is 0 Å². The molecule has 4 N–H and O–H groups in total. The molecule has 114 valence electrons. The second kappa shape index (κ2) is 6.52. The molecule has 0 radical (unpaired) electrons. The highest BCUT2D eigenvalue weighted by atomic mass is 32.1. The van der Waals surface area contributed by atoms with Crippen molar-refractivity contribution in [3.63, 3.8) is 0 Å². The van der Waals surface area contributed by atoms with E-state index < -0.39 is 0 Å². The molecule has 21 heavy (non-hydrogen) atoms. The van der Waals surface area contributed by atoms with Crippen LogP contribution in [0.4, 0.5) is 11.8 Å². The molecule has 0 unspecified atom stereocenters. The molecule has 0 bridgehead atoms. The van der Waals surface area contributed by atoms with Crippen LogP contribution in [0.1, 0.15) is 4.88 Å². The molecule has 1 fully saturated rings. The van der Waals surface area contributed by atoms with Crippen LogP contribution >= 0.6 is 11.3 Å². The summed E-state index contributed by atoms with van der Waals surface area (Å²) in [5.74, 6) is 6.72. The summed E-state index contributed by atoms with van der Waals surface area (Å²) in [6, 6.07) is 2.11. The average Bonchev–Trinajstić information content (AvgIpc) is 2.88. The maximum Gasteiger partial charge on any atom is 0.240 e. The van der Waals surface area contributed by atoms with Gasteiger partial charge in [-0.05, 0) is 13.0 Å². The Labute approximate surface area is 127 Å². The van der Waals surface area contributed by atoms with Crippen molar-refractivity contribution in [2.45, 2.75) is 6.92 Å². The normalized spacial score (nSPS) is 16.3. The molecule has 3 heterocycles. The van der Waals surface area contributed by atoms with Gasteiger partial charge < -0.3 is 10.1 Å². The first-order valence-electron chi connectivity index (χ1n) is 7.05. The molecular formula is C13H20N6OS. The van der Waals surface area contributed by atoms with Crippen molar-refractivity contribution >= 4 is 33.3 Å². The van der Waals surface area contributed by atoms with Crippen LogP contribution in [-0.2, 0) is 4.74 Å². The predicted molar refractivity (Wildman–Crippen MR) is 85.7 cm³/mol. The molecule has 8 heteroatoms. The van der Waals surface area contributed by atoms with Crippen LogP contribution in [0.5, 0.6) is 0 Å². The molecule has 2 aromatic heterocycles. The molecule has 1 aliphatic rings. The topological polar surface area (TPSA) is 88.3 Å². The number of rotatable bonds is 5. The van der Waals surface area contributed by atoms with Gasteiger partial charge in [-0.2, -0.15) is 4.98 Å². The molecule has 0 saturated carbocycles. The standard InChI is InChI=1S/C13H20N6OS/c1-9-8-10-11(16-13(18-14)17-12(10)21-9)15-2-3-19-4-6-20-7-5-19/h8H,2-7,14H2,1H3,(H2,15,16,17,18). The lowest BCUT2D eigenvalue weighted by molar-refractivity contribution is 0.0398. The van der Waals surface area contributed by atoms with E-state index >= 15 is 0 Å². The van der Waals surface area contributed by atoms with Gasteiger partial charge in [0.25, 0.3) is 0 Å². The number of aryl methyl sites for hydroxylation is 1.